The summed E-state index contributed by atoms with van der Waals surface area (Å²) in [6.07, 6.45) is 1.68. The second kappa shape index (κ2) is 4.78. The highest BCUT2D eigenvalue weighted by Crippen LogP contribution is 2.60. The summed E-state index contributed by atoms with van der Waals surface area (Å²) in [4.78, 5) is 14.4. The smallest absolute Gasteiger partial charge is 0.254 e. The third-order valence-electron chi connectivity index (χ3n) is 2.61. The first-order valence-corrected chi connectivity index (χ1v) is 7.30. The van der Waals surface area contributed by atoms with E-state index in [2.05, 4.69) is 4.98 Å². The van der Waals surface area contributed by atoms with Crippen LogP contribution in [0.25, 0.3) is 0 Å². The number of fused-ring (bicyclic) bond motifs is 1. The Bertz CT molecular complexity index is 592. The van der Waals surface area contributed by atoms with Crippen molar-refractivity contribution in [2.24, 2.45) is 0 Å². The zero-order valence-corrected chi connectivity index (χ0v) is 11.2. The molecule has 2 heterocycles. The van der Waals surface area contributed by atoms with Gasteiger partial charge in [0, 0.05) is 6.20 Å². The third kappa shape index (κ3) is 2.68. The van der Waals surface area contributed by atoms with E-state index in [0.29, 0.717) is 11.6 Å². The molecule has 2 aromatic rings. The Kier molecular flexibility index (Phi) is 3.11. The second-order valence-corrected chi connectivity index (χ2v) is 5.78. The van der Waals surface area contributed by atoms with Gasteiger partial charge in [0.1, 0.15) is 6.61 Å². The summed E-state index contributed by atoms with van der Waals surface area (Å²) in [6, 6.07) is 10.8. The number of hydrogen-bond donors (Lipinski definition) is 1. The first kappa shape index (κ1) is 12.4. The molecule has 1 aromatic carbocycles. The topological polar surface area (TPSA) is 60.8 Å². The second-order valence-electron chi connectivity index (χ2n) is 4.21. The number of pyridine rings is 1. The zero-order chi connectivity index (χ0) is 13.3. The molecule has 5 nitrogen and oxygen atoms in total. The highest BCUT2D eigenvalue weighted by molar-refractivity contribution is 7.56. The van der Waals surface area contributed by atoms with Crippen LogP contribution in [0.2, 0.25) is 0 Å². The molecule has 0 saturated carbocycles. The number of rotatable bonds is 2. The maximum Gasteiger partial charge on any atom is 0.668 e. The molecule has 0 bridgehead atoms. The summed E-state index contributed by atoms with van der Waals surface area (Å²) in [5.74, 6) is 0.859. The van der Waals surface area contributed by atoms with Gasteiger partial charge < -0.3 is 0 Å². The molecule has 1 unspecified atom stereocenters. The maximum absolute atomic E-state index is 10.2. The van der Waals surface area contributed by atoms with E-state index in [1.807, 2.05) is 19.1 Å². The molecule has 1 aliphatic heterocycles. The van der Waals surface area contributed by atoms with Gasteiger partial charge in [-0.05, 0) is 30.7 Å². The summed E-state index contributed by atoms with van der Waals surface area (Å²) in [7, 11) is -3.40. The van der Waals surface area contributed by atoms with Crippen LogP contribution in [-0.4, -0.2) is 9.88 Å². The largest absolute Gasteiger partial charge is 0.668 e. The molecular formula is C13H13NO4P+. The van der Waals surface area contributed by atoms with Crippen LogP contribution in [0.5, 0.6) is 11.6 Å². The van der Waals surface area contributed by atoms with E-state index in [1.165, 1.54) is 0 Å². The molecule has 0 saturated heterocycles. The molecule has 98 valence electrons. The van der Waals surface area contributed by atoms with Crippen molar-refractivity contribution in [2.45, 2.75) is 13.5 Å². The van der Waals surface area contributed by atoms with Crippen molar-refractivity contribution in [3.8, 4) is 11.6 Å². The summed E-state index contributed by atoms with van der Waals surface area (Å²) in [5, 5.41) is 0. The molecule has 0 radical (unpaired) electrons. The summed E-state index contributed by atoms with van der Waals surface area (Å²) < 4.78 is 16.1. The molecule has 6 heteroatoms. The highest BCUT2D eigenvalue weighted by Gasteiger charge is 2.52. The summed E-state index contributed by atoms with van der Waals surface area (Å²) >= 11 is 0. The minimum atomic E-state index is -3.40. The highest BCUT2D eigenvalue weighted by atomic mass is 31.2. The lowest BCUT2D eigenvalue weighted by Crippen LogP contribution is -2.18. The van der Waals surface area contributed by atoms with Crippen LogP contribution in [0.3, 0.4) is 0 Å². The number of aryl methyl sites for hydroxylation is 1. The van der Waals surface area contributed by atoms with E-state index in [0.717, 1.165) is 11.1 Å². The zero-order valence-electron chi connectivity index (χ0n) is 10.3. The quantitative estimate of drug-likeness (QED) is 0.855. The predicted octanol–water partition coefficient (Wildman–Crippen LogP) is 3.05. The summed E-state index contributed by atoms with van der Waals surface area (Å²) in [5.41, 5.74) is 1.82. The van der Waals surface area contributed by atoms with Crippen LogP contribution in [0, 0.1) is 6.92 Å². The Morgan fingerprint density at radius 2 is 2.11 bits per heavy atom. The lowest BCUT2D eigenvalue weighted by molar-refractivity contribution is 0.145. The molecule has 1 atom stereocenters. The van der Waals surface area contributed by atoms with Gasteiger partial charge in [-0.15, -0.1) is 4.52 Å². The Labute approximate surface area is 111 Å². The van der Waals surface area contributed by atoms with Crippen LogP contribution < -0.4 is 9.05 Å². The molecule has 0 fully saturated rings. The van der Waals surface area contributed by atoms with E-state index < -0.39 is 8.17 Å². The van der Waals surface area contributed by atoms with Crippen LogP contribution in [0.4, 0.5) is 0 Å². The lowest BCUT2D eigenvalue weighted by atomic mass is 10.2. The average molecular weight is 278 g/mol. The average Bonchev–Trinajstić information content (AvgIpc) is 2.40. The maximum atomic E-state index is 10.2. The monoisotopic (exact) mass is 278 g/mol. The molecule has 19 heavy (non-hydrogen) atoms. The molecule has 0 spiro atoms. The number of hydrogen-bond acceptors (Lipinski definition) is 5. The Morgan fingerprint density at radius 1 is 1.32 bits per heavy atom. The van der Waals surface area contributed by atoms with Gasteiger partial charge in [-0.3, -0.25) is 4.52 Å². The molecular weight excluding hydrogens is 265 g/mol. The van der Waals surface area contributed by atoms with Gasteiger partial charge in [-0.25, -0.2) is 9.51 Å². The first-order valence-electron chi connectivity index (χ1n) is 5.81. The van der Waals surface area contributed by atoms with Crippen molar-refractivity contribution in [3.05, 3.63) is 53.7 Å². The van der Waals surface area contributed by atoms with Crippen molar-refractivity contribution >= 4 is 8.17 Å². The lowest BCUT2D eigenvalue weighted by Gasteiger charge is -2.20. The first-order chi connectivity index (χ1) is 9.15. The van der Waals surface area contributed by atoms with Crippen molar-refractivity contribution in [1.82, 2.24) is 4.98 Å². The van der Waals surface area contributed by atoms with Crippen molar-refractivity contribution in [1.29, 1.82) is 0 Å². The van der Waals surface area contributed by atoms with Crippen LogP contribution in [0.1, 0.15) is 11.1 Å². The SMILES string of the molecule is Cc1cnc2c(c1)CO[P+](O)(Oc1ccccc1)O2. The fourth-order valence-electron chi connectivity index (χ4n) is 1.75. The number of para-hydroxylation sites is 1. The van der Waals surface area contributed by atoms with E-state index >= 15 is 0 Å². The van der Waals surface area contributed by atoms with Gasteiger partial charge in [-0.1, -0.05) is 18.2 Å². The van der Waals surface area contributed by atoms with E-state index in [9.17, 15) is 4.89 Å². The molecule has 0 aliphatic carbocycles. The minimum Gasteiger partial charge on any atom is -0.254 e. The molecule has 1 aliphatic rings. The third-order valence-corrected chi connectivity index (χ3v) is 3.91. The number of benzene rings is 1. The van der Waals surface area contributed by atoms with Gasteiger partial charge in [0.05, 0.1) is 5.56 Å². The standard InChI is InChI=1S/C13H13NO4P/c1-10-7-11-9-16-19(15,18-13(11)14-8-10)17-12-5-3-2-4-6-12/h2-8,15H,9H2,1H3/q+1. The normalized spacial score (nSPS) is 21.4. The number of nitrogens with zero attached hydrogens (tertiary/aromatic N) is 1. The van der Waals surface area contributed by atoms with Gasteiger partial charge >= 0.3 is 8.17 Å². The predicted molar refractivity (Wildman–Crippen MR) is 70.6 cm³/mol. The number of aromatic nitrogens is 1. The van der Waals surface area contributed by atoms with E-state index in [1.54, 1.807) is 30.5 Å². The fourth-order valence-corrected chi connectivity index (χ4v) is 2.97. The van der Waals surface area contributed by atoms with E-state index in [-0.39, 0.29) is 6.61 Å². The molecule has 1 aromatic heterocycles. The Balaban J connectivity index is 1.82. The molecule has 3 rings (SSSR count). The Morgan fingerprint density at radius 3 is 2.89 bits per heavy atom. The van der Waals surface area contributed by atoms with Gasteiger partial charge in [-0.2, -0.15) is 4.89 Å². The van der Waals surface area contributed by atoms with Crippen molar-refractivity contribution < 1.29 is 18.5 Å². The van der Waals surface area contributed by atoms with E-state index in [4.69, 9.17) is 13.6 Å². The van der Waals surface area contributed by atoms with Crippen molar-refractivity contribution in [3.63, 3.8) is 0 Å². The van der Waals surface area contributed by atoms with Crippen LogP contribution in [0.15, 0.2) is 42.6 Å². The Hall–Kier alpha value is -1.68. The minimum absolute atomic E-state index is 0.223. The van der Waals surface area contributed by atoms with Gasteiger partial charge in [0.25, 0.3) is 5.88 Å². The van der Waals surface area contributed by atoms with Crippen LogP contribution in [-0.2, 0) is 11.1 Å². The van der Waals surface area contributed by atoms with Gasteiger partial charge in [0.15, 0.2) is 5.75 Å². The van der Waals surface area contributed by atoms with Crippen molar-refractivity contribution in [2.75, 3.05) is 0 Å². The summed E-state index contributed by atoms with van der Waals surface area (Å²) in [6.45, 7) is 2.16. The van der Waals surface area contributed by atoms with Gasteiger partial charge in [0.2, 0.25) is 0 Å². The molecule has 1 N–H and O–H groups in total. The fraction of sp³-hybridized carbons (Fsp3) is 0.154. The molecule has 0 amide bonds. The van der Waals surface area contributed by atoms with Crippen LogP contribution >= 0.6 is 8.17 Å².